The minimum absolute atomic E-state index is 0.0862. The van der Waals surface area contributed by atoms with Crippen molar-refractivity contribution in [1.29, 1.82) is 0 Å². The number of hydrogen-bond donors (Lipinski definition) is 1. The molecule has 1 fully saturated rings. The molecule has 128 valence electrons. The van der Waals surface area contributed by atoms with Crippen LogP contribution in [0.5, 0.6) is 0 Å². The molecular formula is C19H30N2O2. The molecule has 0 unspecified atom stereocenters. The number of ether oxygens (including phenoxy) is 1. The highest BCUT2D eigenvalue weighted by Gasteiger charge is 2.16. The lowest BCUT2D eigenvalue weighted by Gasteiger charge is -2.28. The Morgan fingerprint density at radius 2 is 1.91 bits per heavy atom. The van der Waals surface area contributed by atoms with Crippen LogP contribution < -0.4 is 5.32 Å². The zero-order valence-electron chi connectivity index (χ0n) is 14.5. The van der Waals surface area contributed by atoms with Crippen molar-refractivity contribution >= 4 is 11.8 Å². The van der Waals surface area contributed by atoms with Gasteiger partial charge >= 0.3 is 6.09 Å². The predicted molar refractivity (Wildman–Crippen MR) is 94.9 cm³/mol. The van der Waals surface area contributed by atoms with E-state index in [2.05, 4.69) is 29.3 Å². The third kappa shape index (κ3) is 6.61. The molecule has 1 atom stereocenters. The fourth-order valence-corrected chi connectivity index (χ4v) is 3.01. The van der Waals surface area contributed by atoms with E-state index < -0.39 is 0 Å². The predicted octanol–water partition coefficient (Wildman–Crippen LogP) is 4.45. The summed E-state index contributed by atoms with van der Waals surface area (Å²) in [5, 5.41) is 2.81. The summed E-state index contributed by atoms with van der Waals surface area (Å²) in [6.45, 7) is 7.21. The fourth-order valence-electron chi connectivity index (χ4n) is 3.01. The van der Waals surface area contributed by atoms with E-state index >= 15 is 0 Å². The van der Waals surface area contributed by atoms with Gasteiger partial charge in [-0.2, -0.15) is 0 Å². The van der Waals surface area contributed by atoms with Crippen LogP contribution in [0, 0.1) is 0 Å². The van der Waals surface area contributed by atoms with E-state index in [1.54, 1.807) is 0 Å². The smallest absolute Gasteiger partial charge is 0.411 e. The number of unbranched alkanes of at least 4 members (excludes halogenated alkanes) is 1. The molecule has 1 aromatic carbocycles. The van der Waals surface area contributed by atoms with Gasteiger partial charge in [0, 0.05) is 12.2 Å². The molecule has 1 aliphatic rings. The quantitative estimate of drug-likeness (QED) is 0.807. The number of hydrogen-bond acceptors (Lipinski definition) is 3. The average molecular weight is 318 g/mol. The van der Waals surface area contributed by atoms with Crippen LogP contribution >= 0.6 is 0 Å². The van der Waals surface area contributed by atoms with Gasteiger partial charge in [-0.1, -0.05) is 31.9 Å². The van der Waals surface area contributed by atoms with Gasteiger partial charge in [0.15, 0.2) is 0 Å². The summed E-state index contributed by atoms with van der Waals surface area (Å²) < 4.78 is 5.46. The van der Waals surface area contributed by atoms with Crippen molar-refractivity contribution in [2.75, 3.05) is 25.0 Å². The summed E-state index contributed by atoms with van der Waals surface area (Å²) >= 11 is 0. The molecule has 1 saturated heterocycles. The second kappa shape index (κ2) is 9.56. The summed E-state index contributed by atoms with van der Waals surface area (Å²) in [4.78, 5) is 14.3. The van der Waals surface area contributed by atoms with E-state index in [0.29, 0.717) is 0 Å². The third-order valence-electron chi connectivity index (χ3n) is 4.29. The van der Waals surface area contributed by atoms with Crippen LogP contribution in [0.3, 0.4) is 0 Å². The molecular weight excluding hydrogens is 288 g/mol. The zero-order chi connectivity index (χ0) is 16.5. The first-order valence-electron chi connectivity index (χ1n) is 8.96. The first-order valence-corrected chi connectivity index (χ1v) is 8.96. The molecule has 2 rings (SSSR count). The Hall–Kier alpha value is -1.55. The van der Waals surface area contributed by atoms with Crippen molar-refractivity contribution in [2.24, 2.45) is 0 Å². The SMILES string of the molecule is CCCCc1ccc(NC(=O)O[C@@H](C)CN2CCCCC2)cc1. The monoisotopic (exact) mass is 318 g/mol. The van der Waals surface area contributed by atoms with Crippen LogP contribution in [0.15, 0.2) is 24.3 Å². The molecule has 1 N–H and O–H groups in total. The van der Waals surface area contributed by atoms with Gasteiger partial charge in [0.1, 0.15) is 6.10 Å². The molecule has 1 aliphatic heterocycles. The van der Waals surface area contributed by atoms with Crippen molar-refractivity contribution < 1.29 is 9.53 Å². The zero-order valence-corrected chi connectivity index (χ0v) is 14.5. The van der Waals surface area contributed by atoms with Crippen LogP contribution in [-0.4, -0.2) is 36.7 Å². The molecule has 0 spiro atoms. The maximum Gasteiger partial charge on any atom is 0.411 e. The highest BCUT2D eigenvalue weighted by Crippen LogP contribution is 2.13. The highest BCUT2D eigenvalue weighted by molar-refractivity contribution is 5.84. The highest BCUT2D eigenvalue weighted by atomic mass is 16.6. The van der Waals surface area contributed by atoms with Gasteiger partial charge in [0.2, 0.25) is 0 Å². The van der Waals surface area contributed by atoms with Crippen LogP contribution in [-0.2, 0) is 11.2 Å². The van der Waals surface area contributed by atoms with Gasteiger partial charge in [-0.3, -0.25) is 10.2 Å². The summed E-state index contributed by atoms with van der Waals surface area (Å²) in [5.74, 6) is 0. The van der Waals surface area contributed by atoms with Crippen LogP contribution in [0.2, 0.25) is 0 Å². The summed E-state index contributed by atoms with van der Waals surface area (Å²) in [6, 6.07) is 8.04. The summed E-state index contributed by atoms with van der Waals surface area (Å²) in [7, 11) is 0. The van der Waals surface area contributed by atoms with Crippen molar-refractivity contribution in [1.82, 2.24) is 4.90 Å². The summed E-state index contributed by atoms with van der Waals surface area (Å²) in [5.41, 5.74) is 2.10. The molecule has 0 aliphatic carbocycles. The molecule has 1 aromatic rings. The molecule has 0 radical (unpaired) electrons. The van der Waals surface area contributed by atoms with Gasteiger partial charge in [0.25, 0.3) is 0 Å². The minimum atomic E-state index is -0.365. The first kappa shape index (κ1) is 17.8. The van der Waals surface area contributed by atoms with Gasteiger partial charge in [0.05, 0.1) is 0 Å². The van der Waals surface area contributed by atoms with E-state index in [0.717, 1.165) is 31.7 Å². The number of carbonyl (C=O) groups is 1. The Morgan fingerprint density at radius 3 is 2.57 bits per heavy atom. The third-order valence-corrected chi connectivity index (χ3v) is 4.29. The van der Waals surface area contributed by atoms with Crippen molar-refractivity contribution in [3.63, 3.8) is 0 Å². The number of anilines is 1. The molecule has 1 heterocycles. The normalized spacial score (nSPS) is 16.8. The first-order chi connectivity index (χ1) is 11.2. The fraction of sp³-hybridized carbons (Fsp3) is 0.632. The summed E-state index contributed by atoms with van der Waals surface area (Å²) in [6.07, 6.45) is 6.86. The maximum atomic E-state index is 12.0. The molecule has 0 saturated carbocycles. The molecule has 0 bridgehead atoms. The molecule has 0 aromatic heterocycles. The van der Waals surface area contributed by atoms with Gasteiger partial charge in [-0.25, -0.2) is 4.79 Å². The number of piperidine rings is 1. The second-order valence-corrected chi connectivity index (χ2v) is 6.50. The van der Waals surface area contributed by atoms with Crippen molar-refractivity contribution in [3.8, 4) is 0 Å². The van der Waals surface area contributed by atoms with Crippen LogP contribution in [0.25, 0.3) is 0 Å². The van der Waals surface area contributed by atoms with E-state index in [1.165, 1.54) is 37.7 Å². The van der Waals surface area contributed by atoms with Crippen molar-refractivity contribution in [2.45, 2.75) is 58.5 Å². The lowest BCUT2D eigenvalue weighted by atomic mass is 10.1. The van der Waals surface area contributed by atoms with E-state index in [1.807, 2.05) is 19.1 Å². The molecule has 4 heteroatoms. The minimum Gasteiger partial charge on any atom is -0.445 e. The number of benzene rings is 1. The average Bonchev–Trinajstić information content (AvgIpc) is 2.55. The standard InChI is InChI=1S/C19H30N2O2/c1-3-4-8-17-9-11-18(12-10-17)20-19(22)23-16(2)15-21-13-6-5-7-14-21/h9-12,16H,3-8,13-15H2,1-2H3,(H,20,22)/t16-/m0/s1. The van der Waals surface area contributed by atoms with Crippen molar-refractivity contribution in [3.05, 3.63) is 29.8 Å². The van der Waals surface area contributed by atoms with Gasteiger partial charge in [-0.05, 0) is 63.4 Å². The number of rotatable bonds is 7. The molecule has 1 amide bonds. The molecule has 4 nitrogen and oxygen atoms in total. The van der Waals surface area contributed by atoms with E-state index in [-0.39, 0.29) is 12.2 Å². The van der Waals surface area contributed by atoms with Crippen LogP contribution in [0.1, 0.15) is 51.5 Å². The number of nitrogens with one attached hydrogen (secondary N) is 1. The van der Waals surface area contributed by atoms with Crippen LogP contribution in [0.4, 0.5) is 10.5 Å². The Kier molecular flexibility index (Phi) is 7.40. The maximum absolute atomic E-state index is 12.0. The van der Waals surface area contributed by atoms with Gasteiger partial charge in [-0.15, -0.1) is 0 Å². The van der Waals surface area contributed by atoms with E-state index in [4.69, 9.17) is 4.74 Å². The topological polar surface area (TPSA) is 41.6 Å². The number of carbonyl (C=O) groups excluding carboxylic acids is 1. The Balaban J connectivity index is 1.72. The number of nitrogens with zero attached hydrogens (tertiary/aromatic N) is 1. The Bertz CT molecular complexity index is 467. The number of amides is 1. The Morgan fingerprint density at radius 1 is 1.22 bits per heavy atom. The van der Waals surface area contributed by atoms with Gasteiger partial charge < -0.3 is 4.74 Å². The largest absolute Gasteiger partial charge is 0.445 e. The Labute approximate surface area is 140 Å². The second-order valence-electron chi connectivity index (χ2n) is 6.50. The lowest BCUT2D eigenvalue weighted by Crippen LogP contribution is -2.37. The lowest BCUT2D eigenvalue weighted by molar-refractivity contribution is 0.0833. The van der Waals surface area contributed by atoms with E-state index in [9.17, 15) is 4.79 Å². The number of aryl methyl sites for hydroxylation is 1. The molecule has 23 heavy (non-hydrogen) atoms. The number of likely N-dealkylation sites (tertiary alicyclic amines) is 1.